The molecule has 3 nitrogen and oxygen atoms in total. The molecule has 0 spiro atoms. The lowest BCUT2D eigenvalue weighted by Gasteiger charge is -2.35. The van der Waals surface area contributed by atoms with Crippen molar-refractivity contribution in [2.75, 3.05) is 18.4 Å². The SMILES string of the molecule is CCCN1CC(C)C2c3c(cccc3NC=O)CCC21. The summed E-state index contributed by atoms with van der Waals surface area (Å²) < 4.78 is 0. The molecular formula is C17H24N2O. The Morgan fingerprint density at radius 2 is 2.30 bits per heavy atom. The monoisotopic (exact) mass is 272 g/mol. The van der Waals surface area contributed by atoms with Crippen LogP contribution in [0.2, 0.25) is 0 Å². The van der Waals surface area contributed by atoms with Crippen LogP contribution in [0.15, 0.2) is 18.2 Å². The number of hydrogen-bond acceptors (Lipinski definition) is 2. The zero-order valence-corrected chi connectivity index (χ0v) is 12.4. The molecule has 0 aromatic heterocycles. The summed E-state index contributed by atoms with van der Waals surface area (Å²) in [5.41, 5.74) is 3.86. The molecule has 1 amide bonds. The lowest BCUT2D eigenvalue weighted by Crippen LogP contribution is -2.35. The van der Waals surface area contributed by atoms with Crippen molar-refractivity contribution >= 4 is 12.1 Å². The van der Waals surface area contributed by atoms with E-state index in [1.54, 1.807) is 0 Å². The van der Waals surface area contributed by atoms with Gasteiger partial charge in [-0.05, 0) is 48.9 Å². The van der Waals surface area contributed by atoms with E-state index in [0.717, 1.165) is 18.5 Å². The van der Waals surface area contributed by atoms with Crippen molar-refractivity contribution < 1.29 is 4.79 Å². The van der Waals surface area contributed by atoms with Gasteiger partial charge in [-0.1, -0.05) is 26.0 Å². The molecule has 108 valence electrons. The van der Waals surface area contributed by atoms with Gasteiger partial charge in [0.1, 0.15) is 0 Å². The largest absolute Gasteiger partial charge is 0.328 e. The Morgan fingerprint density at radius 3 is 3.05 bits per heavy atom. The maximum atomic E-state index is 10.9. The zero-order chi connectivity index (χ0) is 14.1. The molecule has 1 aliphatic carbocycles. The van der Waals surface area contributed by atoms with Gasteiger partial charge in [0.2, 0.25) is 6.41 Å². The molecule has 1 heterocycles. The van der Waals surface area contributed by atoms with E-state index in [1.165, 1.54) is 37.1 Å². The number of carbonyl (C=O) groups is 1. The summed E-state index contributed by atoms with van der Waals surface area (Å²) in [5, 5.41) is 2.92. The van der Waals surface area contributed by atoms with E-state index in [-0.39, 0.29) is 0 Å². The highest BCUT2D eigenvalue weighted by Gasteiger charge is 2.43. The quantitative estimate of drug-likeness (QED) is 0.855. The third kappa shape index (κ3) is 2.14. The Kier molecular flexibility index (Phi) is 3.79. The van der Waals surface area contributed by atoms with E-state index in [2.05, 4.69) is 36.2 Å². The van der Waals surface area contributed by atoms with Crippen LogP contribution in [0, 0.1) is 5.92 Å². The number of anilines is 1. The van der Waals surface area contributed by atoms with Crippen LogP contribution in [-0.2, 0) is 11.2 Å². The first-order valence-corrected chi connectivity index (χ1v) is 7.82. The number of nitrogens with one attached hydrogen (secondary N) is 1. The number of nitrogens with zero attached hydrogens (tertiary/aromatic N) is 1. The first kappa shape index (κ1) is 13.6. The number of fused-ring (bicyclic) bond motifs is 3. The van der Waals surface area contributed by atoms with Crippen molar-refractivity contribution in [2.24, 2.45) is 5.92 Å². The summed E-state index contributed by atoms with van der Waals surface area (Å²) in [4.78, 5) is 13.5. The number of amides is 1. The number of rotatable bonds is 4. The summed E-state index contributed by atoms with van der Waals surface area (Å²) in [6, 6.07) is 7.00. The molecule has 3 unspecified atom stereocenters. The Hall–Kier alpha value is -1.35. The number of benzene rings is 1. The minimum absolute atomic E-state index is 0.578. The van der Waals surface area contributed by atoms with Crippen molar-refractivity contribution in [3.05, 3.63) is 29.3 Å². The van der Waals surface area contributed by atoms with Crippen molar-refractivity contribution in [1.82, 2.24) is 4.90 Å². The maximum Gasteiger partial charge on any atom is 0.211 e. The fourth-order valence-corrected chi connectivity index (χ4v) is 4.33. The van der Waals surface area contributed by atoms with Gasteiger partial charge in [0.25, 0.3) is 0 Å². The summed E-state index contributed by atoms with van der Waals surface area (Å²) in [5.74, 6) is 1.24. The van der Waals surface area contributed by atoms with E-state index in [1.807, 2.05) is 6.07 Å². The van der Waals surface area contributed by atoms with Crippen LogP contribution in [-0.4, -0.2) is 30.4 Å². The number of likely N-dealkylation sites (tertiary alicyclic amines) is 1. The fourth-order valence-electron chi connectivity index (χ4n) is 4.33. The molecule has 20 heavy (non-hydrogen) atoms. The number of aryl methyl sites for hydroxylation is 1. The van der Waals surface area contributed by atoms with Crippen LogP contribution in [0.25, 0.3) is 0 Å². The Bertz CT molecular complexity index is 500. The lowest BCUT2D eigenvalue weighted by atomic mass is 9.75. The van der Waals surface area contributed by atoms with Crippen LogP contribution >= 0.6 is 0 Å². The molecule has 1 aliphatic heterocycles. The van der Waals surface area contributed by atoms with Crippen LogP contribution in [0.5, 0.6) is 0 Å². The van der Waals surface area contributed by atoms with Gasteiger partial charge in [-0.25, -0.2) is 0 Å². The van der Waals surface area contributed by atoms with Gasteiger partial charge in [0.05, 0.1) is 0 Å². The molecular weight excluding hydrogens is 248 g/mol. The zero-order valence-electron chi connectivity index (χ0n) is 12.4. The van der Waals surface area contributed by atoms with Crippen LogP contribution in [0.3, 0.4) is 0 Å². The van der Waals surface area contributed by atoms with Crippen molar-refractivity contribution in [1.29, 1.82) is 0 Å². The Labute approximate surface area is 121 Å². The van der Waals surface area contributed by atoms with Crippen molar-refractivity contribution in [3.63, 3.8) is 0 Å². The first-order chi connectivity index (χ1) is 9.76. The number of hydrogen-bond donors (Lipinski definition) is 1. The van der Waals surface area contributed by atoms with E-state index in [0.29, 0.717) is 17.9 Å². The third-order valence-electron chi connectivity index (χ3n) is 4.98. The second-order valence-electron chi connectivity index (χ2n) is 6.24. The molecule has 1 saturated heterocycles. The van der Waals surface area contributed by atoms with Crippen molar-refractivity contribution in [3.8, 4) is 0 Å². The average Bonchev–Trinajstić information content (AvgIpc) is 2.77. The van der Waals surface area contributed by atoms with E-state index in [9.17, 15) is 4.79 Å². The van der Waals surface area contributed by atoms with Gasteiger partial charge in [0, 0.05) is 24.2 Å². The van der Waals surface area contributed by atoms with Gasteiger partial charge < -0.3 is 5.32 Å². The molecule has 3 rings (SSSR count). The molecule has 2 aliphatic rings. The highest BCUT2D eigenvalue weighted by Crippen LogP contribution is 2.47. The topological polar surface area (TPSA) is 32.3 Å². The van der Waals surface area contributed by atoms with Crippen LogP contribution in [0.4, 0.5) is 5.69 Å². The van der Waals surface area contributed by atoms with Gasteiger partial charge in [-0.3, -0.25) is 9.69 Å². The summed E-state index contributed by atoms with van der Waals surface area (Å²) >= 11 is 0. The molecule has 1 aromatic carbocycles. The number of carbonyl (C=O) groups excluding carboxylic acids is 1. The lowest BCUT2D eigenvalue weighted by molar-refractivity contribution is -0.105. The first-order valence-electron chi connectivity index (χ1n) is 7.82. The van der Waals surface area contributed by atoms with Crippen LogP contribution < -0.4 is 5.32 Å². The summed E-state index contributed by atoms with van der Waals surface area (Å²) in [7, 11) is 0. The predicted molar refractivity (Wildman–Crippen MR) is 82.0 cm³/mol. The Morgan fingerprint density at radius 1 is 1.45 bits per heavy atom. The molecule has 0 saturated carbocycles. The molecule has 3 atom stereocenters. The third-order valence-corrected chi connectivity index (χ3v) is 4.98. The molecule has 0 bridgehead atoms. The predicted octanol–water partition coefficient (Wildman–Crippen LogP) is 3.02. The minimum Gasteiger partial charge on any atom is -0.328 e. The van der Waals surface area contributed by atoms with Crippen molar-refractivity contribution in [2.45, 2.75) is 45.1 Å². The molecule has 0 radical (unpaired) electrons. The second-order valence-corrected chi connectivity index (χ2v) is 6.24. The summed E-state index contributed by atoms with van der Waals surface area (Å²) in [6.07, 6.45) is 4.42. The van der Waals surface area contributed by atoms with Gasteiger partial charge in [-0.2, -0.15) is 0 Å². The molecule has 1 aromatic rings. The highest BCUT2D eigenvalue weighted by atomic mass is 16.1. The molecule has 1 N–H and O–H groups in total. The molecule has 3 heteroatoms. The van der Waals surface area contributed by atoms with E-state index >= 15 is 0 Å². The van der Waals surface area contributed by atoms with Gasteiger partial charge >= 0.3 is 0 Å². The average molecular weight is 272 g/mol. The standard InChI is InChI=1S/C17H24N2O/c1-3-9-19-10-12(2)16-15(19)8-7-13-5-4-6-14(17(13)16)18-11-20/h4-6,11-12,15-16H,3,7-10H2,1-2H3,(H,18,20). The maximum absolute atomic E-state index is 10.9. The van der Waals surface area contributed by atoms with Gasteiger partial charge in [0.15, 0.2) is 0 Å². The van der Waals surface area contributed by atoms with E-state index in [4.69, 9.17) is 0 Å². The minimum atomic E-state index is 0.578. The molecule has 1 fully saturated rings. The van der Waals surface area contributed by atoms with Crippen LogP contribution in [0.1, 0.15) is 43.7 Å². The highest BCUT2D eigenvalue weighted by molar-refractivity contribution is 5.75. The van der Waals surface area contributed by atoms with E-state index < -0.39 is 0 Å². The summed E-state index contributed by atoms with van der Waals surface area (Å²) in [6.45, 7) is 7.01. The smallest absolute Gasteiger partial charge is 0.211 e. The van der Waals surface area contributed by atoms with Gasteiger partial charge in [-0.15, -0.1) is 0 Å². The normalized spacial score (nSPS) is 28.8. The Balaban J connectivity index is 2.00. The second kappa shape index (κ2) is 5.57. The fraction of sp³-hybridized carbons (Fsp3) is 0.588.